The molecule has 1 N–H and O–H groups in total. The molecule has 0 radical (unpaired) electrons. The first-order chi connectivity index (χ1) is 14.2. The van der Waals surface area contributed by atoms with E-state index in [9.17, 15) is 18.3 Å². The normalized spacial score (nSPS) is 23.5. The molecule has 0 unspecified atom stereocenters. The summed E-state index contributed by atoms with van der Waals surface area (Å²) in [5.74, 6) is 0.107. The second-order valence-corrected chi connectivity index (χ2v) is 10.5. The van der Waals surface area contributed by atoms with E-state index in [1.54, 1.807) is 0 Å². The average molecular weight is 450 g/mol. The van der Waals surface area contributed by atoms with Crippen molar-refractivity contribution < 1.29 is 23.0 Å². The quantitative estimate of drug-likeness (QED) is 0.526. The molecule has 2 heterocycles. The van der Waals surface area contributed by atoms with Gasteiger partial charge >= 0.3 is 6.18 Å². The van der Waals surface area contributed by atoms with Crippen LogP contribution in [0.15, 0.2) is 24.3 Å². The molecule has 0 saturated carbocycles. The number of aliphatic hydroxyl groups excluding tert-OH is 1. The van der Waals surface area contributed by atoms with Gasteiger partial charge in [-0.05, 0) is 61.3 Å². The van der Waals surface area contributed by atoms with E-state index in [1.165, 1.54) is 12.1 Å². The van der Waals surface area contributed by atoms with Crippen LogP contribution in [0, 0.1) is 5.41 Å². The summed E-state index contributed by atoms with van der Waals surface area (Å²) in [6.45, 7) is 12.3. The van der Waals surface area contributed by atoms with Crippen molar-refractivity contribution in [2.45, 2.75) is 91.7 Å². The Labute approximate surface area is 189 Å². The van der Waals surface area contributed by atoms with E-state index in [4.69, 9.17) is 9.72 Å². The first-order valence-corrected chi connectivity index (χ1v) is 10.8. The van der Waals surface area contributed by atoms with Crippen LogP contribution in [0.3, 0.4) is 0 Å². The van der Waals surface area contributed by atoms with E-state index >= 15 is 0 Å². The van der Waals surface area contributed by atoms with Crippen LogP contribution in [0.5, 0.6) is 0 Å². The van der Waals surface area contributed by atoms with Gasteiger partial charge in [-0.1, -0.05) is 47.3 Å². The number of hydrogen-bond donors (Lipinski definition) is 1. The molecule has 2 aromatic rings. The van der Waals surface area contributed by atoms with Gasteiger partial charge in [-0.2, -0.15) is 13.2 Å². The number of rotatable bonds is 2. The van der Waals surface area contributed by atoms with Crippen LogP contribution in [0.25, 0.3) is 0 Å². The maximum atomic E-state index is 13.1. The van der Waals surface area contributed by atoms with Gasteiger partial charge in [0.15, 0.2) is 0 Å². The fourth-order valence-corrected chi connectivity index (χ4v) is 5.18. The molecule has 0 fully saturated rings. The zero-order valence-corrected chi connectivity index (χ0v) is 18.9. The number of ether oxygens (including phenoxy) is 1. The van der Waals surface area contributed by atoms with Crippen molar-refractivity contribution in [3.63, 3.8) is 0 Å². The summed E-state index contributed by atoms with van der Waals surface area (Å²) in [4.78, 5) is 5.01. The third kappa shape index (κ3) is 4.08. The van der Waals surface area contributed by atoms with Crippen LogP contribution in [0.1, 0.15) is 113 Å². The van der Waals surface area contributed by atoms with Gasteiger partial charge in [0.05, 0.1) is 17.3 Å². The Morgan fingerprint density at radius 2 is 1.66 bits per heavy atom. The highest BCUT2D eigenvalue weighted by Gasteiger charge is 2.47. The van der Waals surface area contributed by atoms with Crippen molar-refractivity contribution in [3.8, 4) is 0 Å². The van der Waals surface area contributed by atoms with Crippen LogP contribution in [-0.2, 0) is 22.9 Å². The molecular formula is C26H34F3NO2. The van der Waals surface area contributed by atoms with Crippen molar-refractivity contribution in [1.82, 2.24) is 4.98 Å². The third-order valence-corrected chi connectivity index (χ3v) is 6.47. The summed E-state index contributed by atoms with van der Waals surface area (Å²) in [6, 6.07) is 5.17. The highest BCUT2D eigenvalue weighted by molar-refractivity contribution is 5.53. The fourth-order valence-electron chi connectivity index (χ4n) is 5.18. The zero-order chi connectivity index (χ0) is 22.9. The molecule has 0 saturated heterocycles. The number of benzene rings is 1. The number of pyridine rings is 1. The molecule has 0 amide bonds. The van der Waals surface area contributed by atoms with Gasteiger partial charge in [0.2, 0.25) is 0 Å². The minimum atomic E-state index is -4.38. The number of alkyl halides is 3. The number of nitrogens with zero attached hydrogens (tertiary/aromatic N) is 1. The maximum Gasteiger partial charge on any atom is 0.416 e. The molecule has 176 valence electrons. The third-order valence-electron chi connectivity index (χ3n) is 6.47. The lowest BCUT2D eigenvalue weighted by Gasteiger charge is -2.37. The molecule has 1 aromatic carbocycles. The van der Waals surface area contributed by atoms with Gasteiger partial charge in [-0.15, -0.1) is 0 Å². The Balaban J connectivity index is 0.00000289. The predicted octanol–water partition coefficient (Wildman–Crippen LogP) is 7.22. The standard InChI is InChI=1S/C25H30F3NO2.CH4/c1-13(2)21-19-20(18-16(29-21)11-23(3,4)12-17(18)30)24(5,6)31-22(19)14-7-9-15(10-8-14)25(26,27)28;/h7-10,13,17,22,30H,11-12H2,1-6H3;1H4/t17-,22+;/m0./s1. The molecule has 4 rings (SSSR count). The van der Waals surface area contributed by atoms with Gasteiger partial charge in [0.25, 0.3) is 0 Å². The molecule has 2 aliphatic rings. The Hall–Kier alpha value is -1.92. The lowest BCUT2D eigenvalue weighted by Crippen LogP contribution is -2.30. The SMILES string of the molecule is C.CC(C)c1nc2c(c3c1[C@@H](c1ccc(C(F)(F)F)cc1)OC3(C)C)[C@@H](O)CC(C)(C)C2. The minimum absolute atomic E-state index is 0. The van der Waals surface area contributed by atoms with E-state index in [1.807, 2.05) is 13.8 Å². The number of aliphatic hydroxyl groups is 1. The zero-order valence-electron chi connectivity index (χ0n) is 18.9. The first kappa shape index (κ1) is 24.7. The van der Waals surface area contributed by atoms with Gasteiger partial charge in [0, 0.05) is 22.5 Å². The van der Waals surface area contributed by atoms with Gasteiger partial charge in [-0.25, -0.2) is 0 Å². The number of aromatic nitrogens is 1. The van der Waals surface area contributed by atoms with Crippen LogP contribution < -0.4 is 0 Å². The van der Waals surface area contributed by atoms with E-state index in [2.05, 4.69) is 27.7 Å². The summed E-state index contributed by atoms with van der Waals surface area (Å²) in [5.41, 5.74) is 3.74. The molecular weight excluding hydrogens is 415 g/mol. The summed E-state index contributed by atoms with van der Waals surface area (Å²) in [7, 11) is 0. The summed E-state index contributed by atoms with van der Waals surface area (Å²) in [5, 5.41) is 11.1. The van der Waals surface area contributed by atoms with Crippen LogP contribution in [-0.4, -0.2) is 10.1 Å². The van der Waals surface area contributed by atoms with Crippen LogP contribution in [0.2, 0.25) is 0 Å². The van der Waals surface area contributed by atoms with E-state index < -0.39 is 29.5 Å². The van der Waals surface area contributed by atoms with Gasteiger partial charge < -0.3 is 9.84 Å². The van der Waals surface area contributed by atoms with Crippen molar-refractivity contribution in [2.24, 2.45) is 5.41 Å². The van der Waals surface area contributed by atoms with Crippen molar-refractivity contribution in [1.29, 1.82) is 0 Å². The predicted molar refractivity (Wildman–Crippen MR) is 120 cm³/mol. The summed E-state index contributed by atoms with van der Waals surface area (Å²) in [6.07, 6.45) is -4.14. The molecule has 1 aliphatic heterocycles. The van der Waals surface area contributed by atoms with Crippen LogP contribution in [0.4, 0.5) is 13.2 Å². The Morgan fingerprint density at radius 3 is 2.19 bits per heavy atom. The Bertz CT molecular complexity index is 1010. The number of halogens is 3. The molecule has 1 aromatic heterocycles. The summed E-state index contributed by atoms with van der Waals surface area (Å²) >= 11 is 0. The molecule has 6 heteroatoms. The molecule has 0 bridgehead atoms. The molecule has 3 nitrogen and oxygen atoms in total. The van der Waals surface area contributed by atoms with Gasteiger partial charge in [-0.3, -0.25) is 4.98 Å². The van der Waals surface area contributed by atoms with E-state index in [0.29, 0.717) is 12.0 Å². The highest BCUT2D eigenvalue weighted by atomic mass is 19.4. The van der Waals surface area contributed by atoms with Crippen molar-refractivity contribution >= 4 is 0 Å². The van der Waals surface area contributed by atoms with Gasteiger partial charge in [0.1, 0.15) is 6.10 Å². The number of hydrogen-bond acceptors (Lipinski definition) is 3. The Kier molecular flexibility index (Phi) is 6.06. The van der Waals surface area contributed by atoms with Crippen LogP contribution >= 0.6 is 0 Å². The molecule has 0 spiro atoms. The van der Waals surface area contributed by atoms with Crippen molar-refractivity contribution in [2.75, 3.05) is 0 Å². The Morgan fingerprint density at radius 1 is 1.06 bits per heavy atom. The van der Waals surface area contributed by atoms with E-state index in [0.717, 1.165) is 46.6 Å². The lowest BCUT2D eigenvalue weighted by atomic mass is 9.71. The van der Waals surface area contributed by atoms with E-state index in [-0.39, 0.29) is 18.8 Å². The minimum Gasteiger partial charge on any atom is -0.388 e. The second kappa shape index (κ2) is 7.84. The smallest absolute Gasteiger partial charge is 0.388 e. The highest BCUT2D eigenvalue weighted by Crippen LogP contribution is 2.54. The maximum absolute atomic E-state index is 13.1. The molecule has 32 heavy (non-hydrogen) atoms. The average Bonchev–Trinajstić information content (AvgIpc) is 2.90. The fraction of sp³-hybridized carbons (Fsp3) is 0.577. The number of fused-ring (bicyclic) bond motifs is 3. The molecule has 2 atom stereocenters. The topological polar surface area (TPSA) is 42.4 Å². The summed E-state index contributed by atoms with van der Waals surface area (Å²) < 4.78 is 45.6. The second-order valence-electron chi connectivity index (χ2n) is 10.5. The first-order valence-electron chi connectivity index (χ1n) is 10.8. The molecule has 1 aliphatic carbocycles. The lowest BCUT2D eigenvalue weighted by molar-refractivity contribution is -0.137. The largest absolute Gasteiger partial charge is 0.416 e. The monoisotopic (exact) mass is 449 g/mol. The van der Waals surface area contributed by atoms with Crippen molar-refractivity contribution in [3.05, 3.63) is 63.5 Å².